The second-order valence-corrected chi connectivity index (χ2v) is 5.27. The van der Waals surface area contributed by atoms with E-state index in [1.54, 1.807) is 24.5 Å². The fourth-order valence-electron chi connectivity index (χ4n) is 2.00. The first-order chi connectivity index (χ1) is 10.2. The Morgan fingerprint density at radius 3 is 2.86 bits per heavy atom. The monoisotopic (exact) mass is 347 g/mol. The van der Waals surface area contributed by atoms with Gasteiger partial charge in [-0.2, -0.15) is 0 Å². The number of ether oxygens (including phenoxy) is 1. The molecule has 0 fully saturated rings. The number of methoxy groups -OCH3 is 1. The van der Waals surface area contributed by atoms with Crippen LogP contribution in [0.5, 0.6) is 5.75 Å². The lowest BCUT2D eigenvalue weighted by Crippen LogP contribution is -1.96. The Morgan fingerprint density at radius 1 is 1.19 bits per heavy atom. The van der Waals surface area contributed by atoms with E-state index in [1.165, 1.54) is 13.2 Å². The van der Waals surface area contributed by atoms with E-state index in [9.17, 15) is 4.39 Å². The van der Waals surface area contributed by atoms with Crippen LogP contribution in [0.1, 0.15) is 0 Å². The maximum atomic E-state index is 13.4. The normalized spacial score (nSPS) is 10.6. The second-order valence-electron chi connectivity index (χ2n) is 4.35. The first-order valence-corrected chi connectivity index (χ1v) is 6.97. The van der Waals surface area contributed by atoms with Crippen molar-refractivity contribution in [3.05, 3.63) is 53.0 Å². The summed E-state index contributed by atoms with van der Waals surface area (Å²) < 4.78 is 19.3. The van der Waals surface area contributed by atoms with Crippen LogP contribution < -0.4 is 10.1 Å². The molecule has 21 heavy (non-hydrogen) atoms. The minimum Gasteiger partial charge on any atom is -0.494 e. The van der Waals surface area contributed by atoms with Gasteiger partial charge in [0.1, 0.15) is 5.52 Å². The highest BCUT2D eigenvalue weighted by molar-refractivity contribution is 9.10. The number of nitrogens with zero attached hydrogens (tertiary/aromatic N) is 2. The van der Waals surface area contributed by atoms with E-state index in [2.05, 4.69) is 31.2 Å². The van der Waals surface area contributed by atoms with Crippen molar-refractivity contribution < 1.29 is 9.13 Å². The van der Waals surface area contributed by atoms with Crippen LogP contribution >= 0.6 is 15.9 Å². The lowest BCUT2D eigenvalue weighted by atomic mass is 10.2. The minimum atomic E-state index is -0.398. The van der Waals surface area contributed by atoms with E-state index in [0.29, 0.717) is 5.69 Å². The van der Waals surface area contributed by atoms with Crippen molar-refractivity contribution in [3.63, 3.8) is 0 Å². The summed E-state index contributed by atoms with van der Waals surface area (Å²) in [7, 11) is 1.43. The molecule has 2 aromatic heterocycles. The molecule has 0 spiro atoms. The van der Waals surface area contributed by atoms with Gasteiger partial charge in [0.05, 0.1) is 18.3 Å². The lowest BCUT2D eigenvalue weighted by Gasteiger charge is -2.10. The van der Waals surface area contributed by atoms with Crippen LogP contribution in [0, 0.1) is 5.82 Å². The quantitative estimate of drug-likeness (QED) is 0.767. The third-order valence-electron chi connectivity index (χ3n) is 2.97. The molecule has 0 unspecified atom stereocenters. The summed E-state index contributed by atoms with van der Waals surface area (Å²) in [5, 5.41) is 3.20. The molecule has 0 amide bonds. The van der Waals surface area contributed by atoms with Gasteiger partial charge in [0.25, 0.3) is 0 Å². The van der Waals surface area contributed by atoms with Gasteiger partial charge < -0.3 is 10.1 Å². The molecule has 0 atom stereocenters. The standard InChI is InChI=1S/C15H11BrFN3O/c1-21-14-7-10(2-3-11(14)17)20-12-4-5-18-13-6-9(16)8-19-15(12)13/h2-8H,1H3,(H,18,20). The Morgan fingerprint density at radius 2 is 2.05 bits per heavy atom. The van der Waals surface area contributed by atoms with Crippen molar-refractivity contribution in [3.8, 4) is 5.75 Å². The van der Waals surface area contributed by atoms with Gasteiger partial charge >= 0.3 is 0 Å². The molecule has 3 rings (SSSR count). The summed E-state index contributed by atoms with van der Waals surface area (Å²) in [5.74, 6) is -0.209. The number of benzene rings is 1. The van der Waals surface area contributed by atoms with Gasteiger partial charge in [-0.25, -0.2) is 4.39 Å². The molecule has 106 valence electrons. The van der Waals surface area contributed by atoms with Crippen LogP contribution in [-0.2, 0) is 0 Å². The van der Waals surface area contributed by atoms with E-state index in [0.717, 1.165) is 21.2 Å². The number of halogens is 2. The fourth-order valence-corrected chi connectivity index (χ4v) is 2.32. The van der Waals surface area contributed by atoms with Crippen molar-refractivity contribution in [2.24, 2.45) is 0 Å². The molecule has 6 heteroatoms. The Balaban J connectivity index is 2.02. The third-order valence-corrected chi connectivity index (χ3v) is 3.41. The average molecular weight is 348 g/mol. The van der Waals surface area contributed by atoms with Gasteiger partial charge in [-0.15, -0.1) is 0 Å². The molecule has 0 aliphatic heterocycles. The van der Waals surface area contributed by atoms with E-state index in [-0.39, 0.29) is 5.75 Å². The fraction of sp³-hybridized carbons (Fsp3) is 0.0667. The van der Waals surface area contributed by atoms with E-state index >= 15 is 0 Å². The Hall–Kier alpha value is -2.21. The van der Waals surface area contributed by atoms with E-state index < -0.39 is 5.82 Å². The number of pyridine rings is 2. The Bertz CT molecular complexity index is 810. The molecule has 0 aliphatic rings. The van der Waals surface area contributed by atoms with Crippen molar-refractivity contribution in [2.45, 2.75) is 0 Å². The molecule has 3 aromatic rings. The van der Waals surface area contributed by atoms with Crippen LogP contribution in [-0.4, -0.2) is 17.1 Å². The molecule has 4 nitrogen and oxygen atoms in total. The smallest absolute Gasteiger partial charge is 0.165 e. The van der Waals surface area contributed by atoms with Gasteiger partial charge in [0.15, 0.2) is 11.6 Å². The van der Waals surface area contributed by atoms with Crippen molar-refractivity contribution in [2.75, 3.05) is 12.4 Å². The molecule has 0 radical (unpaired) electrons. The lowest BCUT2D eigenvalue weighted by molar-refractivity contribution is 0.387. The van der Waals surface area contributed by atoms with Gasteiger partial charge in [0, 0.05) is 28.6 Å². The number of hydrogen-bond acceptors (Lipinski definition) is 4. The molecule has 0 aliphatic carbocycles. The van der Waals surface area contributed by atoms with Gasteiger partial charge in [0.2, 0.25) is 0 Å². The Kier molecular flexibility index (Phi) is 3.70. The summed E-state index contributed by atoms with van der Waals surface area (Å²) in [6.07, 6.45) is 3.40. The summed E-state index contributed by atoms with van der Waals surface area (Å²) in [6, 6.07) is 8.30. The number of nitrogens with one attached hydrogen (secondary N) is 1. The van der Waals surface area contributed by atoms with Crippen molar-refractivity contribution in [1.82, 2.24) is 9.97 Å². The van der Waals surface area contributed by atoms with E-state index in [4.69, 9.17) is 4.74 Å². The number of fused-ring (bicyclic) bond motifs is 1. The van der Waals surface area contributed by atoms with Crippen molar-refractivity contribution >= 4 is 38.3 Å². The highest BCUT2D eigenvalue weighted by Crippen LogP contribution is 2.28. The van der Waals surface area contributed by atoms with Gasteiger partial charge in [-0.05, 0) is 40.2 Å². The zero-order valence-electron chi connectivity index (χ0n) is 11.1. The topological polar surface area (TPSA) is 47.0 Å². The molecule has 0 saturated heterocycles. The van der Waals surface area contributed by atoms with Gasteiger partial charge in [-0.1, -0.05) is 0 Å². The van der Waals surface area contributed by atoms with E-state index in [1.807, 2.05) is 12.1 Å². The van der Waals surface area contributed by atoms with Gasteiger partial charge in [-0.3, -0.25) is 9.97 Å². The largest absolute Gasteiger partial charge is 0.494 e. The number of anilines is 2. The van der Waals surface area contributed by atoms with Crippen LogP contribution in [0.25, 0.3) is 11.0 Å². The molecular formula is C15H11BrFN3O. The predicted octanol–water partition coefficient (Wildman–Crippen LogP) is 4.28. The maximum Gasteiger partial charge on any atom is 0.165 e. The number of hydrogen-bond donors (Lipinski definition) is 1. The molecule has 1 N–H and O–H groups in total. The highest BCUT2D eigenvalue weighted by atomic mass is 79.9. The zero-order chi connectivity index (χ0) is 14.8. The second kappa shape index (κ2) is 5.65. The van der Waals surface area contributed by atoms with Crippen LogP contribution in [0.2, 0.25) is 0 Å². The number of aromatic nitrogens is 2. The molecule has 0 saturated carbocycles. The van der Waals surface area contributed by atoms with Crippen LogP contribution in [0.15, 0.2) is 47.2 Å². The minimum absolute atomic E-state index is 0.189. The van der Waals surface area contributed by atoms with Crippen molar-refractivity contribution in [1.29, 1.82) is 0 Å². The van der Waals surface area contributed by atoms with Crippen LogP contribution in [0.4, 0.5) is 15.8 Å². The summed E-state index contributed by atoms with van der Waals surface area (Å²) in [5.41, 5.74) is 3.01. The first kappa shape index (κ1) is 13.8. The SMILES string of the molecule is COc1cc(Nc2ccnc3cc(Br)cnc23)ccc1F. The first-order valence-electron chi connectivity index (χ1n) is 6.18. The Labute approximate surface area is 129 Å². The maximum absolute atomic E-state index is 13.4. The summed E-state index contributed by atoms with van der Waals surface area (Å²) in [4.78, 5) is 8.63. The summed E-state index contributed by atoms with van der Waals surface area (Å²) in [6.45, 7) is 0. The van der Waals surface area contributed by atoms with Crippen LogP contribution in [0.3, 0.4) is 0 Å². The molecule has 0 bridgehead atoms. The zero-order valence-corrected chi connectivity index (χ0v) is 12.7. The highest BCUT2D eigenvalue weighted by Gasteiger charge is 2.07. The average Bonchev–Trinajstić information content (AvgIpc) is 2.49. The molecular weight excluding hydrogens is 337 g/mol. The number of rotatable bonds is 3. The molecule has 2 heterocycles. The third kappa shape index (κ3) is 2.80. The predicted molar refractivity (Wildman–Crippen MR) is 83.5 cm³/mol. The summed E-state index contributed by atoms with van der Waals surface area (Å²) >= 11 is 3.37. The molecule has 1 aromatic carbocycles.